The lowest BCUT2D eigenvalue weighted by molar-refractivity contribution is -0.153. The van der Waals surface area contributed by atoms with E-state index in [-0.39, 0.29) is 50.6 Å². The Morgan fingerprint density at radius 3 is 2.48 bits per heavy atom. The molecule has 1 amide bonds. The summed E-state index contributed by atoms with van der Waals surface area (Å²) < 4.78 is 31.4. The molecule has 29 heavy (non-hydrogen) atoms. The highest BCUT2D eigenvalue weighted by Crippen LogP contribution is 2.20. The van der Waals surface area contributed by atoms with E-state index in [1.807, 2.05) is 42.5 Å². The van der Waals surface area contributed by atoms with Crippen molar-refractivity contribution < 1.29 is 22.7 Å². The molecule has 1 saturated heterocycles. The highest BCUT2D eigenvalue weighted by molar-refractivity contribution is 7.92. The van der Waals surface area contributed by atoms with Crippen molar-refractivity contribution in [3.8, 4) is 0 Å². The van der Waals surface area contributed by atoms with Crippen molar-refractivity contribution in [3.63, 3.8) is 0 Å². The first-order valence-electron chi connectivity index (χ1n) is 9.77. The van der Waals surface area contributed by atoms with E-state index in [0.717, 1.165) is 18.4 Å². The van der Waals surface area contributed by atoms with Crippen LogP contribution in [0.1, 0.15) is 24.8 Å². The minimum absolute atomic E-state index is 0.204. The van der Waals surface area contributed by atoms with Crippen molar-refractivity contribution in [2.24, 2.45) is 5.92 Å². The molecule has 0 spiro atoms. The van der Waals surface area contributed by atoms with Crippen LogP contribution in [0.25, 0.3) is 6.08 Å². The molecular formula is C21H26N2O5S. The number of nitrogens with zero attached hydrogens (tertiary/aromatic N) is 2. The van der Waals surface area contributed by atoms with Crippen LogP contribution in [0, 0.1) is 5.92 Å². The molecule has 8 heteroatoms. The second-order valence-corrected chi connectivity index (χ2v) is 8.99. The number of carbonyl (C=O) groups is 2. The average Bonchev–Trinajstić information content (AvgIpc) is 3.24. The fourth-order valence-corrected chi connectivity index (χ4v) is 4.55. The Hall–Kier alpha value is -2.45. The van der Waals surface area contributed by atoms with Crippen LogP contribution in [-0.2, 0) is 24.3 Å². The molecule has 0 bridgehead atoms. The average molecular weight is 419 g/mol. The molecule has 1 heterocycles. The molecule has 1 aromatic rings. The molecule has 7 nitrogen and oxygen atoms in total. The zero-order chi connectivity index (χ0) is 20.7. The van der Waals surface area contributed by atoms with Crippen LogP contribution in [0.5, 0.6) is 0 Å². The van der Waals surface area contributed by atoms with E-state index < -0.39 is 10.0 Å². The molecule has 1 aliphatic heterocycles. The summed E-state index contributed by atoms with van der Waals surface area (Å²) in [6.07, 6.45) is 7.83. The van der Waals surface area contributed by atoms with Crippen LogP contribution in [0.15, 0.2) is 47.9 Å². The number of allylic oxidation sites excluding steroid dienone is 2. The quantitative estimate of drug-likeness (QED) is 0.500. The van der Waals surface area contributed by atoms with Crippen molar-refractivity contribution in [1.82, 2.24) is 9.21 Å². The Kier molecular flexibility index (Phi) is 7.22. The van der Waals surface area contributed by atoms with Gasteiger partial charge in [0.15, 0.2) is 6.61 Å². The van der Waals surface area contributed by atoms with E-state index >= 15 is 0 Å². The predicted octanol–water partition coefficient (Wildman–Crippen LogP) is 2.03. The smallest absolute Gasteiger partial charge is 0.306 e. The fourth-order valence-electron chi connectivity index (χ4n) is 3.38. The van der Waals surface area contributed by atoms with Gasteiger partial charge in [-0.3, -0.25) is 9.59 Å². The summed E-state index contributed by atoms with van der Waals surface area (Å²) in [6.45, 7) is 0.693. The Balaban J connectivity index is 1.43. The van der Waals surface area contributed by atoms with Crippen molar-refractivity contribution >= 4 is 28.0 Å². The summed E-state index contributed by atoms with van der Waals surface area (Å²) in [5, 5.41) is 1.19. The zero-order valence-electron chi connectivity index (χ0n) is 16.3. The third kappa shape index (κ3) is 6.27. The third-order valence-corrected chi connectivity index (χ3v) is 6.65. The molecule has 1 atom stereocenters. The van der Waals surface area contributed by atoms with Gasteiger partial charge >= 0.3 is 5.97 Å². The van der Waals surface area contributed by atoms with Crippen molar-refractivity contribution in [1.29, 1.82) is 0 Å². The van der Waals surface area contributed by atoms with Crippen LogP contribution < -0.4 is 0 Å². The largest absolute Gasteiger partial charge is 0.456 e. The number of carbonyl (C=O) groups excluding carboxylic acids is 2. The molecule has 0 N–H and O–H groups in total. The molecule has 0 unspecified atom stereocenters. The van der Waals surface area contributed by atoms with Crippen LogP contribution >= 0.6 is 0 Å². The maximum atomic E-state index is 12.5. The number of rotatable bonds is 7. The van der Waals surface area contributed by atoms with E-state index in [9.17, 15) is 18.0 Å². The van der Waals surface area contributed by atoms with Gasteiger partial charge in [0.25, 0.3) is 5.91 Å². The van der Waals surface area contributed by atoms with E-state index in [4.69, 9.17) is 4.74 Å². The van der Waals surface area contributed by atoms with E-state index in [1.165, 1.54) is 14.6 Å². The number of benzene rings is 1. The summed E-state index contributed by atoms with van der Waals surface area (Å²) in [5.74, 6) is -0.463. The monoisotopic (exact) mass is 418 g/mol. The molecule has 2 aliphatic rings. The van der Waals surface area contributed by atoms with Crippen molar-refractivity contribution in [2.75, 3.05) is 32.8 Å². The molecule has 156 valence electrons. The lowest BCUT2D eigenvalue weighted by Gasteiger charge is -2.33. The van der Waals surface area contributed by atoms with Gasteiger partial charge in [0.1, 0.15) is 0 Å². The maximum Gasteiger partial charge on any atom is 0.306 e. The summed E-state index contributed by atoms with van der Waals surface area (Å²) in [5.41, 5.74) is 0.805. The summed E-state index contributed by atoms with van der Waals surface area (Å²) in [6, 6.07) is 9.20. The number of sulfonamides is 1. The van der Waals surface area contributed by atoms with Crippen LogP contribution in [0.3, 0.4) is 0 Å². The molecule has 3 rings (SSSR count). The predicted molar refractivity (Wildman–Crippen MR) is 110 cm³/mol. The first kappa shape index (κ1) is 21.3. The number of piperazine rings is 1. The minimum Gasteiger partial charge on any atom is -0.456 e. The summed E-state index contributed by atoms with van der Waals surface area (Å²) in [7, 11) is -3.55. The standard InChI is InChI=1S/C21H26N2O5S/c24-20(17-28-21(25)16-19-8-4-5-9-19)22-11-13-23(14-12-22)29(26,27)15-10-18-6-2-1-3-7-18/h1-4,6-8,10,15,19H,5,9,11-14,16-17H2/b15-10+/t19-/m1/s1. The fraction of sp³-hybridized carbons (Fsp3) is 0.429. The number of hydrogen-bond acceptors (Lipinski definition) is 5. The minimum atomic E-state index is -3.55. The summed E-state index contributed by atoms with van der Waals surface area (Å²) in [4.78, 5) is 25.6. The number of amides is 1. The molecular weight excluding hydrogens is 392 g/mol. The molecule has 0 radical (unpaired) electrons. The first-order valence-corrected chi connectivity index (χ1v) is 11.3. The van der Waals surface area contributed by atoms with Crippen molar-refractivity contribution in [3.05, 3.63) is 53.5 Å². The van der Waals surface area contributed by atoms with Gasteiger partial charge in [-0.15, -0.1) is 0 Å². The molecule has 1 fully saturated rings. The Morgan fingerprint density at radius 2 is 1.83 bits per heavy atom. The van der Waals surface area contributed by atoms with Gasteiger partial charge in [0.05, 0.1) is 6.42 Å². The lowest BCUT2D eigenvalue weighted by atomic mass is 10.1. The molecule has 1 aromatic carbocycles. The zero-order valence-corrected chi connectivity index (χ0v) is 17.1. The normalized spacial score (nSPS) is 20.3. The Morgan fingerprint density at radius 1 is 1.10 bits per heavy atom. The SMILES string of the molecule is O=C(C[C@@H]1C=CCC1)OCC(=O)N1CCN(S(=O)(=O)/C=C/c2ccccc2)CC1. The number of ether oxygens (including phenoxy) is 1. The molecule has 0 saturated carbocycles. The van der Waals surface area contributed by atoms with E-state index in [0.29, 0.717) is 6.42 Å². The maximum absolute atomic E-state index is 12.5. The van der Waals surface area contributed by atoms with Gasteiger partial charge < -0.3 is 9.64 Å². The van der Waals surface area contributed by atoms with Gasteiger partial charge in [-0.1, -0.05) is 42.5 Å². The third-order valence-electron chi connectivity index (χ3n) is 5.08. The highest BCUT2D eigenvalue weighted by atomic mass is 32.2. The topological polar surface area (TPSA) is 84.0 Å². The number of hydrogen-bond donors (Lipinski definition) is 0. The van der Waals surface area contributed by atoms with Crippen LogP contribution in [0.4, 0.5) is 0 Å². The van der Waals surface area contributed by atoms with Gasteiger partial charge in [-0.05, 0) is 30.4 Å². The lowest BCUT2D eigenvalue weighted by Crippen LogP contribution is -2.51. The van der Waals surface area contributed by atoms with E-state index in [1.54, 1.807) is 6.08 Å². The molecule has 0 aromatic heterocycles. The Labute approximate surface area is 171 Å². The molecule has 1 aliphatic carbocycles. The van der Waals surface area contributed by atoms with Crippen LogP contribution in [0.2, 0.25) is 0 Å². The van der Waals surface area contributed by atoms with E-state index in [2.05, 4.69) is 0 Å². The van der Waals surface area contributed by atoms with Gasteiger partial charge in [0, 0.05) is 31.6 Å². The highest BCUT2D eigenvalue weighted by Gasteiger charge is 2.28. The summed E-state index contributed by atoms with van der Waals surface area (Å²) >= 11 is 0. The second kappa shape index (κ2) is 9.84. The van der Waals surface area contributed by atoms with Crippen molar-refractivity contribution in [2.45, 2.75) is 19.3 Å². The van der Waals surface area contributed by atoms with Gasteiger partial charge in [-0.2, -0.15) is 4.31 Å². The van der Waals surface area contributed by atoms with Crippen LogP contribution in [-0.4, -0.2) is 62.3 Å². The van der Waals surface area contributed by atoms with Gasteiger partial charge in [0.2, 0.25) is 10.0 Å². The number of esters is 1. The first-order chi connectivity index (χ1) is 13.9. The Bertz CT molecular complexity index is 872. The second-order valence-electron chi connectivity index (χ2n) is 7.17. The van der Waals surface area contributed by atoms with Gasteiger partial charge in [-0.25, -0.2) is 8.42 Å².